The van der Waals surface area contributed by atoms with E-state index in [0.717, 1.165) is 12.2 Å². The summed E-state index contributed by atoms with van der Waals surface area (Å²) in [6.45, 7) is 7.45. The maximum absolute atomic E-state index is 5.85. The van der Waals surface area contributed by atoms with Crippen molar-refractivity contribution in [1.29, 1.82) is 0 Å². The first-order valence-electron chi connectivity index (χ1n) is 6.40. The Bertz CT molecular complexity index is 541. The van der Waals surface area contributed by atoms with Gasteiger partial charge in [-0.05, 0) is 28.7 Å². The molecule has 0 saturated heterocycles. The molecule has 1 aromatic carbocycles. The summed E-state index contributed by atoms with van der Waals surface area (Å²) in [6, 6.07) is 12.4. The molecule has 1 N–H and O–H groups in total. The summed E-state index contributed by atoms with van der Waals surface area (Å²) in [5.74, 6) is 0. The second-order valence-electron chi connectivity index (χ2n) is 5.67. The molecule has 3 heteroatoms. The van der Waals surface area contributed by atoms with Crippen LogP contribution in [0.1, 0.15) is 31.9 Å². The van der Waals surface area contributed by atoms with E-state index >= 15 is 0 Å². The van der Waals surface area contributed by atoms with Crippen LogP contribution in [0.25, 0.3) is 0 Å². The third-order valence-electron chi connectivity index (χ3n) is 3.04. The third-order valence-corrected chi connectivity index (χ3v) is 3.25. The molecular formula is C16H19ClN2. The molecule has 0 atom stereocenters. The maximum Gasteiger partial charge on any atom is 0.131 e. The lowest BCUT2D eigenvalue weighted by Crippen LogP contribution is -2.11. The molecule has 0 amide bonds. The molecule has 19 heavy (non-hydrogen) atoms. The Morgan fingerprint density at radius 3 is 2.37 bits per heavy atom. The fourth-order valence-corrected chi connectivity index (χ4v) is 2.01. The molecule has 1 aromatic heterocycles. The van der Waals surface area contributed by atoms with Crippen molar-refractivity contribution in [3.8, 4) is 0 Å². The van der Waals surface area contributed by atoms with Gasteiger partial charge in [0.25, 0.3) is 0 Å². The zero-order chi connectivity index (χ0) is 13.9. The van der Waals surface area contributed by atoms with E-state index in [-0.39, 0.29) is 5.41 Å². The highest BCUT2D eigenvalue weighted by atomic mass is 35.5. The fraction of sp³-hybridized carbons (Fsp3) is 0.312. The third kappa shape index (κ3) is 3.97. The van der Waals surface area contributed by atoms with Crippen LogP contribution in [0.3, 0.4) is 0 Å². The lowest BCUT2D eigenvalue weighted by atomic mass is 9.87. The summed E-state index contributed by atoms with van der Waals surface area (Å²) in [5.41, 5.74) is 3.79. The van der Waals surface area contributed by atoms with Crippen LogP contribution in [0.5, 0.6) is 0 Å². The Morgan fingerprint density at radius 2 is 1.79 bits per heavy atom. The lowest BCUT2D eigenvalue weighted by Gasteiger charge is -2.19. The number of aromatic nitrogens is 1. The predicted molar refractivity (Wildman–Crippen MR) is 81.7 cm³/mol. The molecule has 0 unspecified atom stereocenters. The number of hydrogen-bond donors (Lipinski definition) is 1. The van der Waals surface area contributed by atoms with Crippen molar-refractivity contribution < 1.29 is 0 Å². The molecule has 0 aliphatic carbocycles. The SMILES string of the molecule is CC(C)(C)c1ccc(CNc2ccnc(Cl)c2)cc1. The average molecular weight is 275 g/mol. The van der Waals surface area contributed by atoms with Gasteiger partial charge >= 0.3 is 0 Å². The highest BCUT2D eigenvalue weighted by molar-refractivity contribution is 6.29. The number of nitrogens with one attached hydrogen (secondary N) is 1. The number of rotatable bonds is 3. The molecule has 0 spiro atoms. The van der Waals surface area contributed by atoms with E-state index in [2.05, 4.69) is 55.3 Å². The Labute approximate surface area is 119 Å². The van der Waals surface area contributed by atoms with Crippen LogP contribution in [0.2, 0.25) is 5.15 Å². The summed E-state index contributed by atoms with van der Waals surface area (Å²) in [5, 5.41) is 3.84. The highest BCUT2D eigenvalue weighted by Crippen LogP contribution is 2.22. The summed E-state index contributed by atoms with van der Waals surface area (Å²) in [6.07, 6.45) is 1.70. The average Bonchev–Trinajstić information content (AvgIpc) is 2.36. The van der Waals surface area contributed by atoms with E-state index in [9.17, 15) is 0 Å². The Morgan fingerprint density at radius 1 is 1.11 bits per heavy atom. The highest BCUT2D eigenvalue weighted by Gasteiger charge is 2.12. The molecule has 0 radical (unpaired) electrons. The fourth-order valence-electron chi connectivity index (χ4n) is 1.84. The molecule has 0 aliphatic heterocycles. The van der Waals surface area contributed by atoms with Crippen LogP contribution in [0.4, 0.5) is 5.69 Å². The Hall–Kier alpha value is -1.54. The van der Waals surface area contributed by atoms with Gasteiger partial charge in [0.1, 0.15) is 5.15 Å². The molecule has 0 aliphatic rings. The van der Waals surface area contributed by atoms with Crippen molar-refractivity contribution in [2.24, 2.45) is 0 Å². The summed E-state index contributed by atoms with van der Waals surface area (Å²) in [4.78, 5) is 3.96. The predicted octanol–water partition coefficient (Wildman–Crippen LogP) is 4.64. The standard InChI is InChI=1S/C16H19ClN2/c1-16(2,3)13-6-4-12(5-7-13)11-19-14-8-9-18-15(17)10-14/h4-10H,11H2,1-3H3,(H,18,19). The summed E-state index contributed by atoms with van der Waals surface area (Å²) >= 11 is 5.85. The van der Waals surface area contributed by atoms with E-state index in [0.29, 0.717) is 5.15 Å². The smallest absolute Gasteiger partial charge is 0.131 e. The van der Waals surface area contributed by atoms with E-state index < -0.39 is 0 Å². The zero-order valence-corrected chi connectivity index (χ0v) is 12.3. The number of pyridine rings is 1. The molecular weight excluding hydrogens is 256 g/mol. The summed E-state index contributed by atoms with van der Waals surface area (Å²) in [7, 11) is 0. The lowest BCUT2D eigenvalue weighted by molar-refractivity contribution is 0.590. The van der Waals surface area contributed by atoms with Crippen LogP contribution >= 0.6 is 11.6 Å². The second kappa shape index (κ2) is 5.62. The number of nitrogens with zero attached hydrogens (tertiary/aromatic N) is 1. The molecule has 1 heterocycles. The molecule has 0 saturated carbocycles. The quantitative estimate of drug-likeness (QED) is 0.825. The van der Waals surface area contributed by atoms with Gasteiger partial charge in [-0.1, -0.05) is 56.6 Å². The van der Waals surface area contributed by atoms with Crippen molar-refractivity contribution in [2.45, 2.75) is 32.7 Å². The Kier molecular flexibility index (Phi) is 4.11. The van der Waals surface area contributed by atoms with Crippen LogP contribution in [-0.2, 0) is 12.0 Å². The topological polar surface area (TPSA) is 24.9 Å². The van der Waals surface area contributed by atoms with Crippen LogP contribution in [0, 0.1) is 0 Å². The van der Waals surface area contributed by atoms with Gasteiger partial charge in [-0.15, -0.1) is 0 Å². The minimum atomic E-state index is 0.199. The number of hydrogen-bond acceptors (Lipinski definition) is 2. The van der Waals surface area contributed by atoms with E-state index in [1.54, 1.807) is 6.20 Å². The molecule has 100 valence electrons. The van der Waals surface area contributed by atoms with Gasteiger partial charge in [0.15, 0.2) is 0 Å². The van der Waals surface area contributed by atoms with Crippen LogP contribution in [0.15, 0.2) is 42.6 Å². The van der Waals surface area contributed by atoms with Gasteiger partial charge in [-0.2, -0.15) is 0 Å². The minimum Gasteiger partial charge on any atom is -0.381 e. The largest absolute Gasteiger partial charge is 0.381 e. The first-order valence-corrected chi connectivity index (χ1v) is 6.78. The molecule has 0 fully saturated rings. The van der Waals surface area contributed by atoms with Crippen molar-refractivity contribution in [2.75, 3.05) is 5.32 Å². The normalized spacial score (nSPS) is 11.4. The van der Waals surface area contributed by atoms with Gasteiger partial charge < -0.3 is 5.32 Å². The van der Waals surface area contributed by atoms with Crippen molar-refractivity contribution >= 4 is 17.3 Å². The van der Waals surface area contributed by atoms with Crippen molar-refractivity contribution in [3.63, 3.8) is 0 Å². The van der Waals surface area contributed by atoms with E-state index in [4.69, 9.17) is 11.6 Å². The van der Waals surface area contributed by atoms with E-state index in [1.807, 2.05) is 12.1 Å². The van der Waals surface area contributed by atoms with Crippen LogP contribution in [-0.4, -0.2) is 4.98 Å². The van der Waals surface area contributed by atoms with Gasteiger partial charge in [0.2, 0.25) is 0 Å². The summed E-state index contributed by atoms with van der Waals surface area (Å²) < 4.78 is 0. The molecule has 2 rings (SSSR count). The Balaban J connectivity index is 2.01. The minimum absolute atomic E-state index is 0.199. The zero-order valence-electron chi connectivity index (χ0n) is 11.6. The van der Waals surface area contributed by atoms with E-state index in [1.165, 1.54) is 11.1 Å². The first kappa shape index (κ1) is 13.9. The monoisotopic (exact) mass is 274 g/mol. The van der Waals surface area contributed by atoms with Crippen molar-refractivity contribution in [3.05, 3.63) is 58.9 Å². The second-order valence-corrected chi connectivity index (χ2v) is 6.05. The maximum atomic E-state index is 5.85. The van der Waals surface area contributed by atoms with Crippen molar-refractivity contribution in [1.82, 2.24) is 4.98 Å². The molecule has 2 nitrogen and oxygen atoms in total. The van der Waals surface area contributed by atoms with Gasteiger partial charge in [-0.25, -0.2) is 4.98 Å². The van der Waals surface area contributed by atoms with Gasteiger partial charge in [0.05, 0.1) is 0 Å². The van der Waals surface area contributed by atoms with Gasteiger partial charge in [-0.3, -0.25) is 0 Å². The molecule has 2 aromatic rings. The number of halogens is 1. The van der Waals surface area contributed by atoms with Gasteiger partial charge in [0, 0.05) is 18.4 Å². The first-order chi connectivity index (χ1) is 8.95. The molecule has 0 bridgehead atoms. The van der Waals surface area contributed by atoms with Crippen LogP contribution < -0.4 is 5.32 Å². The number of benzene rings is 1. The number of anilines is 1.